The molecule has 0 saturated carbocycles. The van der Waals surface area contributed by atoms with Crippen LogP contribution < -0.4 is 16.0 Å². The highest BCUT2D eigenvalue weighted by atomic mass is 16.5. The van der Waals surface area contributed by atoms with Gasteiger partial charge in [-0.2, -0.15) is 0 Å². The van der Waals surface area contributed by atoms with Gasteiger partial charge in [0.2, 0.25) is 5.91 Å². The van der Waals surface area contributed by atoms with Gasteiger partial charge in [0.25, 0.3) is 0 Å². The molecule has 0 unspecified atom stereocenters. The monoisotopic (exact) mass is 217 g/mol. The van der Waals surface area contributed by atoms with Crippen LogP contribution in [0, 0.1) is 0 Å². The molecule has 0 fully saturated rings. The van der Waals surface area contributed by atoms with Crippen molar-refractivity contribution in [1.82, 2.24) is 16.0 Å². The lowest BCUT2D eigenvalue weighted by molar-refractivity contribution is -0.120. The molecule has 0 aromatic rings. The molecule has 15 heavy (non-hydrogen) atoms. The maximum Gasteiger partial charge on any atom is 0.315 e. The molecule has 3 amide bonds. The van der Waals surface area contributed by atoms with Crippen molar-refractivity contribution in [3.63, 3.8) is 0 Å². The first-order chi connectivity index (χ1) is 7.20. The van der Waals surface area contributed by atoms with Crippen molar-refractivity contribution in [2.45, 2.75) is 13.3 Å². The number of rotatable bonds is 7. The van der Waals surface area contributed by atoms with Crippen molar-refractivity contribution in [3.05, 3.63) is 0 Å². The molecule has 6 heteroatoms. The van der Waals surface area contributed by atoms with Crippen molar-refractivity contribution < 1.29 is 14.3 Å². The van der Waals surface area contributed by atoms with Crippen molar-refractivity contribution in [1.29, 1.82) is 0 Å². The zero-order valence-electron chi connectivity index (χ0n) is 9.26. The number of nitrogens with one attached hydrogen (secondary N) is 3. The fourth-order valence-electron chi connectivity index (χ4n) is 0.817. The van der Waals surface area contributed by atoms with E-state index in [9.17, 15) is 9.59 Å². The van der Waals surface area contributed by atoms with Gasteiger partial charge in [0, 0.05) is 20.2 Å². The minimum absolute atomic E-state index is 0.0146. The summed E-state index contributed by atoms with van der Waals surface area (Å²) >= 11 is 0. The van der Waals surface area contributed by atoms with Gasteiger partial charge in [0.15, 0.2) is 0 Å². The van der Waals surface area contributed by atoms with Crippen LogP contribution in [0.15, 0.2) is 0 Å². The SMILES string of the molecule is CCCNC(=O)NCC(=O)NCCOC. The van der Waals surface area contributed by atoms with E-state index in [2.05, 4.69) is 16.0 Å². The summed E-state index contributed by atoms with van der Waals surface area (Å²) in [6.45, 7) is 3.47. The molecule has 0 aliphatic heterocycles. The summed E-state index contributed by atoms with van der Waals surface area (Å²) in [7, 11) is 1.56. The Kier molecular flexibility index (Phi) is 8.46. The van der Waals surface area contributed by atoms with E-state index in [1.165, 1.54) is 0 Å². The lowest BCUT2D eigenvalue weighted by Crippen LogP contribution is -2.42. The van der Waals surface area contributed by atoms with E-state index in [1.54, 1.807) is 7.11 Å². The quantitative estimate of drug-likeness (QED) is 0.501. The number of urea groups is 1. The first-order valence-electron chi connectivity index (χ1n) is 4.98. The predicted molar refractivity (Wildman–Crippen MR) is 56.6 cm³/mol. The van der Waals surface area contributed by atoms with Gasteiger partial charge < -0.3 is 20.7 Å². The van der Waals surface area contributed by atoms with E-state index in [4.69, 9.17) is 4.74 Å². The summed E-state index contributed by atoms with van der Waals surface area (Å²) in [6, 6.07) is -0.321. The lowest BCUT2D eigenvalue weighted by atomic mass is 10.5. The first-order valence-corrected chi connectivity index (χ1v) is 4.98. The Labute approximate surface area is 89.7 Å². The molecule has 0 aromatic heterocycles. The van der Waals surface area contributed by atoms with Gasteiger partial charge in [-0.15, -0.1) is 0 Å². The Morgan fingerprint density at radius 2 is 1.87 bits per heavy atom. The summed E-state index contributed by atoms with van der Waals surface area (Å²) in [5, 5.41) is 7.63. The molecule has 0 heterocycles. The second-order valence-corrected chi connectivity index (χ2v) is 2.95. The molecule has 0 bridgehead atoms. The zero-order valence-corrected chi connectivity index (χ0v) is 9.26. The van der Waals surface area contributed by atoms with E-state index >= 15 is 0 Å². The molecular formula is C9H19N3O3. The fourth-order valence-corrected chi connectivity index (χ4v) is 0.817. The summed E-state index contributed by atoms with van der Waals surface area (Å²) in [4.78, 5) is 22.1. The molecule has 0 aliphatic rings. The van der Waals surface area contributed by atoms with Crippen LogP contribution in [-0.2, 0) is 9.53 Å². The third-order valence-corrected chi connectivity index (χ3v) is 1.57. The second-order valence-electron chi connectivity index (χ2n) is 2.95. The van der Waals surface area contributed by atoms with Crippen LogP contribution in [0.3, 0.4) is 0 Å². The van der Waals surface area contributed by atoms with Crippen LogP contribution in [0.2, 0.25) is 0 Å². The first kappa shape index (κ1) is 13.7. The van der Waals surface area contributed by atoms with Crippen LogP contribution in [0.4, 0.5) is 4.79 Å². The lowest BCUT2D eigenvalue weighted by Gasteiger charge is -2.07. The standard InChI is InChI=1S/C9H19N3O3/c1-3-4-11-9(14)12-7-8(13)10-5-6-15-2/h3-7H2,1-2H3,(H,10,13)(H2,11,12,14). The van der Waals surface area contributed by atoms with Gasteiger partial charge in [-0.1, -0.05) is 6.92 Å². The molecule has 0 atom stereocenters. The normalized spacial score (nSPS) is 9.47. The minimum atomic E-state index is -0.321. The number of methoxy groups -OCH3 is 1. The number of ether oxygens (including phenoxy) is 1. The van der Waals surface area contributed by atoms with Gasteiger partial charge in [0.1, 0.15) is 0 Å². The minimum Gasteiger partial charge on any atom is -0.383 e. The average Bonchev–Trinajstić information content (AvgIpc) is 2.24. The van der Waals surface area contributed by atoms with E-state index in [0.717, 1.165) is 6.42 Å². The zero-order chi connectivity index (χ0) is 11.5. The van der Waals surface area contributed by atoms with E-state index < -0.39 is 0 Å². The van der Waals surface area contributed by atoms with E-state index in [-0.39, 0.29) is 18.5 Å². The molecule has 0 spiro atoms. The second kappa shape index (κ2) is 9.26. The molecule has 0 rings (SSSR count). The molecule has 0 aromatic carbocycles. The highest BCUT2D eigenvalue weighted by Gasteiger charge is 2.02. The molecule has 6 nitrogen and oxygen atoms in total. The molecule has 88 valence electrons. The average molecular weight is 217 g/mol. The summed E-state index contributed by atoms with van der Waals surface area (Å²) in [6.07, 6.45) is 0.869. The molecule has 3 N–H and O–H groups in total. The highest BCUT2D eigenvalue weighted by Crippen LogP contribution is 1.72. The van der Waals surface area contributed by atoms with Crippen molar-refractivity contribution in [3.8, 4) is 0 Å². The summed E-state index contributed by atoms with van der Waals surface area (Å²) in [5.41, 5.74) is 0. The van der Waals surface area contributed by atoms with E-state index in [1.807, 2.05) is 6.92 Å². The fraction of sp³-hybridized carbons (Fsp3) is 0.778. The summed E-state index contributed by atoms with van der Waals surface area (Å²) in [5.74, 6) is -0.223. The van der Waals surface area contributed by atoms with E-state index in [0.29, 0.717) is 19.7 Å². The molecular weight excluding hydrogens is 198 g/mol. The van der Waals surface area contributed by atoms with Crippen molar-refractivity contribution in [2.24, 2.45) is 0 Å². The Morgan fingerprint density at radius 1 is 1.13 bits per heavy atom. The van der Waals surface area contributed by atoms with Crippen LogP contribution in [0.1, 0.15) is 13.3 Å². The summed E-state index contributed by atoms with van der Waals surface area (Å²) < 4.78 is 4.76. The maximum atomic E-state index is 11.1. The van der Waals surface area contributed by atoms with Crippen molar-refractivity contribution >= 4 is 11.9 Å². The van der Waals surface area contributed by atoms with Gasteiger partial charge >= 0.3 is 6.03 Å². The van der Waals surface area contributed by atoms with Crippen molar-refractivity contribution in [2.75, 3.05) is 33.4 Å². The molecule has 0 saturated heterocycles. The van der Waals surface area contributed by atoms with Gasteiger partial charge in [0.05, 0.1) is 13.2 Å². The molecule has 0 aliphatic carbocycles. The number of hydrogen-bond acceptors (Lipinski definition) is 3. The number of carbonyl (C=O) groups is 2. The molecule has 0 radical (unpaired) electrons. The Morgan fingerprint density at radius 3 is 2.47 bits per heavy atom. The van der Waals surface area contributed by atoms with Crippen LogP contribution in [0.5, 0.6) is 0 Å². The maximum absolute atomic E-state index is 11.1. The number of carbonyl (C=O) groups excluding carboxylic acids is 2. The Bertz CT molecular complexity index is 197. The van der Waals surface area contributed by atoms with Crippen LogP contribution in [0.25, 0.3) is 0 Å². The van der Waals surface area contributed by atoms with Gasteiger partial charge in [-0.25, -0.2) is 4.79 Å². The third-order valence-electron chi connectivity index (χ3n) is 1.57. The third kappa shape index (κ3) is 9.01. The highest BCUT2D eigenvalue weighted by molar-refractivity contribution is 5.83. The number of hydrogen-bond donors (Lipinski definition) is 3. The topological polar surface area (TPSA) is 79.5 Å². The predicted octanol–water partition coefficient (Wildman–Crippen LogP) is -0.542. The number of amides is 3. The Hall–Kier alpha value is -1.30. The van der Waals surface area contributed by atoms with Crippen LogP contribution in [-0.4, -0.2) is 45.3 Å². The van der Waals surface area contributed by atoms with Gasteiger partial charge in [-0.3, -0.25) is 4.79 Å². The smallest absolute Gasteiger partial charge is 0.315 e. The largest absolute Gasteiger partial charge is 0.383 e. The Balaban J connectivity index is 3.40. The van der Waals surface area contributed by atoms with Gasteiger partial charge in [-0.05, 0) is 6.42 Å². The van der Waals surface area contributed by atoms with Crippen LogP contribution >= 0.6 is 0 Å².